The lowest BCUT2D eigenvalue weighted by Gasteiger charge is -2.23. The van der Waals surface area contributed by atoms with E-state index in [4.69, 9.17) is 10.5 Å². The topological polar surface area (TPSA) is 35.2 Å². The van der Waals surface area contributed by atoms with Crippen LogP contribution in [0.2, 0.25) is 0 Å². The average molecular weight is 267 g/mol. The van der Waals surface area contributed by atoms with Gasteiger partial charge in [0.2, 0.25) is 0 Å². The van der Waals surface area contributed by atoms with Gasteiger partial charge in [0.25, 0.3) is 0 Å². The van der Waals surface area contributed by atoms with Crippen LogP contribution in [0.5, 0.6) is 5.75 Å². The molecule has 0 amide bonds. The second kappa shape index (κ2) is 8.16. The molecule has 2 N–H and O–H groups in total. The molecule has 0 saturated carbocycles. The van der Waals surface area contributed by atoms with E-state index in [2.05, 4.69) is 13.8 Å². The van der Waals surface area contributed by atoms with Crippen LogP contribution in [0.1, 0.15) is 45.1 Å². The first-order chi connectivity index (χ1) is 9.13. The fourth-order valence-corrected chi connectivity index (χ4v) is 2.48. The minimum Gasteiger partial charge on any atom is -0.494 e. The van der Waals surface area contributed by atoms with Gasteiger partial charge in [-0.2, -0.15) is 0 Å². The van der Waals surface area contributed by atoms with Gasteiger partial charge in [0.05, 0.1) is 7.11 Å². The van der Waals surface area contributed by atoms with Gasteiger partial charge in [-0.3, -0.25) is 0 Å². The first-order valence-electron chi connectivity index (χ1n) is 7.20. The van der Waals surface area contributed by atoms with Crippen LogP contribution in [0, 0.1) is 11.7 Å². The van der Waals surface area contributed by atoms with Crippen molar-refractivity contribution in [1.29, 1.82) is 0 Å². The van der Waals surface area contributed by atoms with Crippen molar-refractivity contribution in [2.24, 2.45) is 11.7 Å². The maximum absolute atomic E-state index is 14.1. The van der Waals surface area contributed by atoms with Crippen LogP contribution < -0.4 is 10.5 Å². The second-order valence-electron chi connectivity index (χ2n) is 5.11. The van der Waals surface area contributed by atoms with Crippen molar-refractivity contribution in [3.05, 3.63) is 29.6 Å². The van der Waals surface area contributed by atoms with Crippen molar-refractivity contribution in [2.45, 2.75) is 52.0 Å². The van der Waals surface area contributed by atoms with Crippen LogP contribution in [-0.4, -0.2) is 13.2 Å². The molecule has 1 aromatic rings. The van der Waals surface area contributed by atoms with E-state index in [1.807, 2.05) is 6.07 Å². The maximum atomic E-state index is 14.1. The Labute approximate surface area is 116 Å². The Bertz CT molecular complexity index is 381. The van der Waals surface area contributed by atoms with Crippen molar-refractivity contribution in [3.63, 3.8) is 0 Å². The average Bonchev–Trinajstić information content (AvgIpc) is 2.42. The summed E-state index contributed by atoms with van der Waals surface area (Å²) in [6.07, 6.45) is 5.11. The highest BCUT2D eigenvalue weighted by Gasteiger charge is 2.18. The fourth-order valence-electron chi connectivity index (χ4n) is 2.48. The van der Waals surface area contributed by atoms with Crippen molar-refractivity contribution in [2.75, 3.05) is 7.11 Å². The van der Waals surface area contributed by atoms with E-state index in [1.54, 1.807) is 12.1 Å². The third-order valence-corrected chi connectivity index (χ3v) is 3.78. The van der Waals surface area contributed by atoms with Crippen LogP contribution in [0.15, 0.2) is 18.2 Å². The van der Waals surface area contributed by atoms with E-state index in [9.17, 15) is 4.39 Å². The van der Waals surface area contributed by atoms with Crippen LogP contribution >= 0.6 is 0 Å². The minimum atomic E-state index is -0.272. The third kappa shape index (κ3) is 4.50. The standard InChI is InChI=1S/C16H26FNO/c1-4-6-8-12(5-2)14(18)11-13-9-7-10-15(19-3)16(13)17/h7,9-10,12,14H,4-6,8,11,18H2,1-3H3. The number of hydrogen-bond acceptors (Lipinski definition) is 2. The van der Waals surface area contributed by atoms with Gasteiger partial charge in [0.15, 0.2) is 11.6 Å². The molecule has 108 valence electrons. The summed E-state index contributed by atoms with van der Waals surface area (Å²) in [6.45, 7) is 4.34. The molecule has 0 spiro atoms. The highest BCUT2D eigenvalue weighted by molar-refractivity contribution is 5.31. The summed E-state index contributed by atoms with van der Waals surface area (Å²) in [5.74, 6) is 0.489. The smallest absolute Gasteiger partial charge is 0.168 e. The summed E-state index contributed by atoms with van der Waals surface area (Å²) in [5, 5.41) is 0. The first-order valence-corrected chi connectivity index (χ1v) is 7.20. The fraction of sp³-hybridized carbons (Fsp3) is 0.625. The molecular formula is C16H26FNO. The molecule has 3 heteroatoms. The van der Waals surface area contributed by atoms with Crippen molar-refractivity contribution in [3.8, 4) is 5.75 Å². The summed E-state index contributed by atoms with van der Waals surface area (Å²) in [6, 6.07) is 5.26. The number of hydrogen-bond donors (Lipinski definition) is 1. The highest BCUT2D eigenvalue weighted by atomic mass is 19.1. The van der Waals surface area contributed by atoms with Gasteiger partial charge < -0.3 is 10.5 Å². The third-order valence-electron chi connectivity index (χ3n) is 3.78. The van der Waals surface area contributed by atoms with Crippen molar-refractivity contribution < 1.29 is 9.13 Å². The zero-order valence-electron chi connectivity index (χ0n) is 12.3. The first kappa shape index (κ1) is 16.0. The van der Waals surface area contributed by atoms with E-state index in [-0.39, 0.29) is 11.9 Å². The normalized spacial score (nSPS) is 14.2. The predicted octanol–water partition coefficient (Wildman–Crippen LogP) is 3.92. The number of benzene rings is 1. The number of ether oxygens (including phenoxy) is 1. The van der Waals surface area contributed by atoms with E-state index in [1.165, 1.54) is 20.0 Å². The van der Waals surface area contributed by atoms with E-state index < -0.39 is 0 Å². The largest absolute Gasteiger partial charge is 0.494 e. The summed E-state index contributed by atoms with van der Waals surface area (Å²) < 4.78 is 19.1. The maximum Gasteiger partial charge on any atom is 0.168 e. The minimum absolute atomic E-state index is 0.0122. The van der Waals surface area contributed by atoms with Gasteiger partial charge in [0.1, 0.15) is 0 Å². The Morgan fingerprint density at radius 3 is 2.63 bits per heavy atom. The molecule has 19 heavy (non-hydrogen) atoms. The lowest BCUT2D eigenvalue weighted by Crippen LogP contribution is -2.32. The zero-order valence-corrected chi connectivity index (χ0v) is 12.3. The molecule has 1 aromatic carbocycles. The molecule has 0 radical (unpaired) electrons. The Morgan fingerprint density at radius 1 is 1.32 bits per heavy atom. The van der Waals surface area contributed by atoms with Crippen LogP contribution in [0.4, 0.5) is 4.39 Å². The molecular weight excluding hydrogens is 241 g/mol. The molecule has 0 aliphatic heterocycles. The Morgan fingerprint density at radius 2 is 2.05 bits per heavy atom. The Balaban J connectivity index is 2.72. The highest BCUT2D eigenvalue weighted by Crippen LogP contribution is 2.24. The monoisotopic (exact) mass is 267 g/mol. The van der Waals surface area contributed by atoms with Gasteiger partial charge in [-0.25, -0.2) is 4.39 Å². The van der Waals surface area contributed by atoms with E-state index in [0.717, 1.165) is 12.8 Å². The van der Waals surface area contributed by atoms with Gasteiger partial charge in [0, 0.05) is 6.04 Å². The number of nitrogens with two attached hydrogens (primary N) is 1. The van der Waals surface area contributed by atoms with Crippen LogP contribution in [0.25, 0.3) is 0 Å². The molecule has 2 unspecified atom stereocenters. The molecule has 0 aliphatic rings. The number of halogens is 1. The molecule has 0 aliphatic carbocycles. The number of rotatable bonds is 8. The molecule has 2 nitrogen and oxygen atoms in total. The summed E-state index contributed by atoms with van der Waals surface area (Å²) in [5.41, 5.74) is 6.91. The van der Waals surface area contributed by atoms with E-state index in [0.29, 0.717) is 23.7 Å². The zero-order chi connectivity index (χ0) is 14.3. The van der Waals surface area contributed by atoms with E-state index >= 15 is 0 Å². The predicted molar refractivity (Wildman–Crippen MR) is 77.9 cm³/mol. The summed E-state index contributed by atoms with van der Waals surface area (Å²) in [4.78, 5) is 0. The summed E-state index contributed by atoms with van der Waals surface area (Å²) >= 11 is 0. The SMILES string of the molecule is CCCCC(CC)C(N)Cc1cccc(OC)c1F. The lowest BCUT2D eigenvalue weighted by molar-refractivity contribution is 0.359. The Hall–Kier alpha value is -1.09. The van der Waals surface area contributed by atoms with Crippen molar-refractivity contribution >= 4 is 0 Å². The van der Waals surface area contributed by atoms with Gasteiger partial charge in [-0.1, -0.05) is 45.2 Å². The van der Waals surface area contributed by atoms with Crippen molar-refractivity contribution in [1.82, 2.24) is 0 Å². The molecule has 0 heterocycles. The Kier molecular flexibility index (Phi) is 6.85. The number of methoxy groups -OCH3 is 1. The van der Waals surface area contributed by atoms with Crippen LogP contribution in [0.3, 0.4) is 0 Å². The van der Waals surface area contributed by atoms with Gasteiger partial charge >= 0.3 is 0 Å². The van der Waals surface area contributed by atoms with Gasteiger partial charge in [-0.05, 0) is 30.4 Å². The molecule has 2 atom stereocenters. The molecule has 0 bridgehead atoms. The molecule has 1 rings (SSSR count). The lowest BCUT2D eigenvalue weighted by atomic mass is 9.88. The second-order valence-corrected chi connectivity index (χ2v) is 5.11. The quantitative estimate of drug-likeness (QED) is 0.774. The molecule has 0 fully saturated rings. The van der Waals surface area contributed by atoms with Crippen LogP contribution in [-0.2, 0) is 6.42 Å². The molecule has 0 saturated heterocycles. The van der Waals surface area contributed by atoms with Gasteiger partial charge in [-0.15, -0.1) is 0 Å². The summed E-state index contributed by atoms with van der Waals surface area (Å²) in [7, 11) is 1.48. The molecule has 0 aromatic heterocycles. The number of unbranched alkanes of at least 4 members (excludes halogenated alkanes) is 1.